The van der Waals surface area contributed by atoms with E-state index < -0.39 is 5.79 Å². The van der Waals surface area contributed by atoms with Crippen LogP contribution < -0.4 is 22.3 Å². The van der Waals surface area contributed by atoms with Gasteiger partial charge in [0.15, 0.2) is 0 Å². The summed E-state index contributed by atoms with van der Waals surface area (Å²) in [6.07, 6.45) is 3.93. The fraction of sp³-hybridized carbons (Fsp3) is 0.533. The number of nitrogens with zero attached hydrogens (tertiary/aromatic N) is 2. The monoisotopic (exact) mass is 286 g/mol. The predicted molar refractivity (Wildman–Crippen MR) is 81.9 cm³/mol. The molecule has 0 bridgehead atoms. The molecular formula is C15H22N6. The molecule has 1 unspecified atom stereocenters. The first-order valence-electron chi connectivity index (χ1n) is 7.64. The van der Waals surface area contributed by atoms with Crippen LogP contribution in [0.2, 0.25) is 0 Å². The molecule has 112 valence electrons. The molecule has 0 spiro atoms. The maximum Gasteiger partial charge on any atom is 0.209 e. The highest BCUT2D eigenvalue weighted by molar-refractivity contribution is 5.79. The van der Waals surface area contributed by atoms with Crippen molar-refractivity contribution in [3.8, 4) is 0 Å². The van der Waals surface area contributed by atoms with E-state index in [4.69, 9.17) is 11.5 Å². The smallest absolute Gasteiger partial charge is 0.209 e. The average molecular weight is 286 g/mol. The lowest BCUT2D eigenvalue weighted by Gasteiger charge is -2.30. The van der Waals surface area contributed by atoms with Crippen LogP contribution in [0.15, 0.2) is 23.2 Å². The highest BCUT2D eigenvalue weighted by atomic mass is 15.6. The zero-order valence-electron chi connectivity index (χ0n) is 12.1. The molecule has 1 aromatic rings. The van der Waals surface area contributed by atoms with E-state index in [1.807, 2.05) is 6.07 Å². The van der Waals surface area contributed by atoms with E-state index >= 15 is 0 Å². The highest BCUT2D eigenvalue weighted by Crippen LogP contribution is 2.32. The maximum atomic E-state index is 6.27. The Morgan fingerprint density at radius 1 is 1.33 bits per heavy atom. The molecule has 1 saturated carbocycles. The number of fused-ring (bicyclic) bond motifs is 1. The molecule has 2 heterocycles. The summed E-state index contributed by atoms with van der Waals surface area (Å²) in [5.41, 5.74) is 21.4. The summed E-state index contributed by atoms with van der Waals surface area (Å²) >= 11 is 0. The highest BCUT2D eigenvalue weighted by Gasteiger charge is 2.33. The van der Waals surface area contributed by atoms with E-state index in [9.17, 15) is 0 Å². The Morgan fingerprint density at radius 2 is 2.19 bits per heavy atom. The van der Waals surface area contributed by atoms with Crippen LogP contribution in [0.25, 0.3) is 0 Å². The standard InChI is InChI=1S/C15H22N6/c16-14-18-15(17,20-19-14)13-4-3-11-5-6-21(8-10-1-2-10)9-12(11)7-13/h3-4,7,10,20H,1-2,5-6,8-9,17H2,(H3,16,18,19). The average Bonchev–Trinajstić information content (AvgIpc) is 3.21. The largest absolute Gasteiger partial charge is 0.369 e. The Bertz CT molecular complexity index is 594. The molecule has 0 saturated heterocycles. The number of hydrogen-bond donors (Lipinski definition) is 4. The first-order valence-corrected chi connectivity index (χ1v) is 7.64. The van der Waals surface area contributed by atoms with Crippen LogP contribution in [0.4, 0.5) is 0 Å². The summed E-state index contributed by atoms with van der Waals surface area (Å²) in [5, 5.41) is 0. The van der Waals surface area contributed by atoms with Crippen LogP contribution >= 0.6 is 0 Å². The van der Waals surface area contributed by atoms with Crippen molar-refractivity contribution in [1.82, 2.24) is 15.8 Å². The number of guanidine groups is 1. The number of nitrogens with one attached hydrogen (secondary N) is 2. The quantitative estimate of drug-likeness (QED) is 0.625. The fourth-order valence-electron chi connectivity index (χ4n) is 3.22. The molecule has 0 aromatic heterocycles. The summed E-state index contributed by atoms with van der Waals surface area (Å²) < 4.78 is 0. The van der Waals surface area contributed by atoms with Crippen LogP contribution in [0.5, 0.6) is 0 Å². The Morgan fingerprint density at radius 3 is 2.90 bits per heavy atom. The molecule has 2 aliphatic heterocycles. The fourth-order valence-corrected chi connectivity index (χ4v) is 3.22. The van der Waals surface area contributed by atoms with Gasteiger partial charge in [0.2, 0.25) is 11.7 Å². The first-order chi connectivity index (χ1) is 10.1. The second-order valence-electron chi connectivity index (χ2n) is 6.43. The van der Waals surface area contributed by atoms with Gasteiger partial charge in [-0.05, 0) is 42.4 Å². The van der Waals surface area contributed by atoms with E-state index in [0.717, 1.165) is 24.4 Å². The van der Waals surface area contributed by atoms with E-state index in [1.165, 1.54) is 37.1 Å². The lowest BCUT2D eigenvalue weighted by atomic mass is 9.95. The topological polar surface area (TPSA) is 91.7 Å². The van der Waals surface area contributed by atoms with Crippen molar-refractivity contribution in [2.75, 3.05) is 13.1 Å². The predicted octanol–water partition coefficient (Wildman–Crippen LogP) is -0.0538. The molecule has 1 fully saturated rings. The van der Waals surface area contributed by atoms with Crippen LogP contribution in [-0.2, 0) is 18.8 Å². The second-order valence-corrected chi connectivity index (χ2v) is 6.43. The number of hydrazine groups is 1. The van der Waals surface area contributed by atoms with E-state index in [-0.39, 0.29) is 0 Å². The molecule has 21 heavy (non-hydrogen) atoms. The Hall–Kier alpha value is -1.63. The van der Waals surface area contributed by atoms with E-state index in [0.29, 0.717) is 5.96 Å². The van der Waals surface area contributed by atoms with Crippen LogP contribution in [-0.4, -0.2) is 23.9 Å². The van der Waals surface area contributed by atoms with E-state index in [1.54, 1.807) is 0 Å². The lowest BCUT2D eigenvalue weighted by Crippen LogP contribution is -2.50. The van der Waals surface area contributed by atoms with Gasteiger partial charge in [0.1, 0.15) is 0 Å². The van der Waals surface area contributed by atoms with Gasteiger partial charge in [0.05, 0.1) is 0 Å². The molecule has 0 radical (unpaired) electrons. The van der Waals surface area contributed by atoms with Gasteiger partial charge in [0, 0.05) is 25.2 Å². The zero-order valence-corrected chi connectivity index (χ0v) is 12.1. The van der Waals surface area contributed by atoms with E-state index in [2.05, 4.69) is 32.9 Å². The van der Waals surface area contributed by atoms with Gasteiger partial charge >= 0.3 is 0 Å². The number of rotatable bonds is 3. The Balaban J connectivity index is 1.58. The second kappa shape index (κ2) is 4.69. The molecule has 6 nitrogen and oxygen atoms in total. The molecular weight excluding hydrogens is 264 g/mol. The molecule has 6 N–H and O–H groups in total. The van der Waals surface area contributed by atoms with Crippen molar-refractivity contribution in [2.45, 2.75) is 31.6 Å². The van der Waals surface area contributed by atoms with Crippen molar-refractivity contribution < 1.29 is 0 Å². The Kier molecular flexibility index (Phi) is 2.92. The summed E-state index contributed by atoms with van der Waals surface area (Å²) in [6, 6.07) is 6.40. The molecule has 1 atom stereocenters. The molecule has 1 aromatic carbocycles. The van der Waals surface area contributed by atoms with Gasteiger partial charge in [-0.1, -0.05) is 12.1 Å². The SMILES string of the molecule is NC1=NC(N)(c2ccc3c(c2)CN(CC2CC2)CC3)NN1. The molecule has 1 aliphatic carbocycles. The van der Waals surface area contributed by atoms with Crippen molar-refractivity contribution in [1.29, 1.82) is 0 Å². The summed E-state index contributed by atoms with van der Waals surface area (Å²) in [6.45, 7) is 3.42. The first kappa shape index (κ1) is 13.1. The number of nitrogens with two attached hydrogens (primary N) is 2. The summed E-state index contributed by atoms with van der Waals surface area (Å²) in [4.78, 5) is 6.81. The van der Waals surface area contributed by atoms with Crippen molar-refractivity contribution in [2.24, 2.45) is 22.4 Å². The molecule has 0 amide bonds. The summed E-state index contributed by atoms with van der Waals surface area (Å²) in [5.74, 6) is 0.295. The van der Waals surface area contributed by atoms with Gasteiger partial charge in [-0.25, -0.2) is 4.99 Å². The van der Waals surface area contributed by atoms with Gasteiger partial charge in [-0.2, -0.15) is 5.43 Å². The van der Waals surface area contributed by atoms with Crippen LogP contribution in [0, 0.1) is 5.92 Å². The number of hydrogen-bond acceptors (Lipinski definition) is 6. The third-order valence-corrected chi connectivity index (χ3v) is 4.63. The normalized spacial score (nSPS) is 28.9. The maximum absolute atomic E-state index is 6.27. The third-order valence-electron chi connectivity index (χ3n) is 4.63. The van der Waals surface area contributed by atoms with Crippen molar-refractivity contribution in [3.63, 3.8) is 0 Å². The molecule has 3 aliphatic rings. The summed E-state index contributed by atoms with van der Waals surface area (Å²) in [7, 11) is 0. The Labute approximate surface area is 124 Å². The zero-order chi connectivity index (χ0) is 14.4. The molecule has 4 rings (SSSR count). The van der Waals surface area contributed by atoms with Gasteiger partial charge < -0.3 is 5.73 Å². The van der Waals surface area contributed by atoms with Gasteiger partial charge in [-0.15, -0.1) is 0 Å². The lowest BCUT2D eigenvalue weighted by molar-refractivity contribution is 0.243. The minimum atomic E-state index is -0.960. The third kappa shape index (κ3) is 2.50. The minimum Gasteiger partial charge on any atom is -0.369 e. The molecule has 6 heteroatoms. The van der Waals surface area contributed by atoms with Crippen molar-refractivity contribution in [3.05, 3.63) is 34.9 Å². The number of benzene rings is 1. The number of aliphatic imine (C=N–C) groups is 1. The minimum absolute atomic E-state index is 0.325. The van der Waals surface area contributed by atoms with Crippen LogP contribution in [0.1, 0.15) is 29.5 Å². The van der Waals surface area contributed by atoms with Crippen LogP contribution in [0.3, 0.4) is 0 Å². The van der Waals surface area contributed by atoms with Gasteiger partial charge in [0.25, 0.3) is 0 Å². The van der Waals surface area contributed by atoms with Crippen molar-refractivity contribution >= 4 is 5.96 Å². The van der Waals surface area contributed by atoms with Gasteiger partial charge in [-0.3, -0.25) is 16.1 Å².